The molecule has 102 valence electrons. The predicted molar refractivity (Wildman–Crippen MR) is 82.0 cm³/mol. The zero-order chi connectivity index (χ0) is 14.1. The largest absolute Gasteiger partial charge is 0.379 e. The van der Waals surface area contributed by atoms with Crippen LogP contribution in [0.4, 0.5) is 10.1 Å². The van der Waals surface area contributed by atoms with Crippen molar-refractivity contribution < 1.29 is 4.39 Å². The number of aromatic nitrogens is 1. The molecule has 3 aromatic rings. The summed E-state index contributed by atoms with van der Waals surface area (Å²) >= 11 is 11.7. The molecule has 1 heterocycles. The summed E-state index contributed by atoms with van der Waals surface area (Å²) in [5.74, 6) is -0.361. The zero-order valence-corrected chi connectivity index (χ0v) is 11.9. The summed E-state index contributed by atoms with van der Waals surface area (Å²) in [6.45, 7) is 0.514. The molecule has 0 radical (unpaired) electrons. The lowest BCUT2D eigenvalue weighted by Crippen LogP contribution is -2.00. The van der Waals surface area contributed by atoms with Crippen molar-refractivity contribution in [3.8, 4) is 0 Å². The molecule has 1 aromatic heterocycles. The van der Waals surface area contributed by atoms with Gasteiger partial charge in [-0.1, -0.05) is 29.3 Å². The van der Waals surface area contributed by atoms with E-state index >= 15 is 0 Å². The maximum atomic E-state index is 13.7. The second kappa shape index (κ2) is 5.35. The van der Waals surface area contributed by atoms with E-state index in [1.54, 1.807) is 12.1 Å². The third kappa shape index (κ3) is 2.60. The van der Waals surface area contributed by atoms with E-state index in [1.165, 1.54) is 6.07 Å². The molecule has 0 aliphatic rings. The zero-order valence-electron chi connectivity index (χ0n) is 10.4. The van der Waals surface area contributed by atoms with Crippen molar-refractivity contribution in [2.45, 2.75) is 6.54 Å². The lowest BCUT2D eigenvalue weighted by molar-refractivity contribution is 0.630. The second-order valence-electron chi connectivity index (χ2n) is 4.48. The lowest BCUT2D eigenvalue weighted by atomic mass is 10.1. The average Bonchev–Trinajstić information content (AvgIpc) is 2.80. The number of anilines is 1. The van der Waals surface area contributed by atoms with Gasteiger partial charge in [-0.05, 0) is 35.9 Å². The van der Waals surface area contributed by atoms with Gasteiger partial charge in [-0.3, -0.25) is 0 Å². The summed E-state index contributed by atoms with van der Waals surface area (Å²) < 4.78 is 13.7. The van der Waals surface area contributed by atoms with Gasteiger partial charge in [-0.2, -0.15) is 0 Å². The van der Waals surface area contributed by atoms with Gasteiger partial charge in [0.2, 0.25) is 0 Å². The molecule has 0 unspecified atom stereocenters. The molecule has 0 fully saturated rings. The Labute approximate surface area is 125 Å². The number of H-pyrrole nitrogens is 1. The topological polar surface area (TPSA) is 27.8 Å². The van der Waals surface area contributed by atoms with E-state index in [-0.39, 0.29) is 5.82 Å². The number of fused-ring (bicyclic) bond motifs is 1. The minimum Gasteiger partial charge on any atom is -0.379 e. The Morgan fingerprint density at radius 1 is 1.05 bits per heavy atom. The van der Waals surface area contributed by atoms with Crippen molar-refractivity contribution in [1.29, 1.82) is 0 Å². The fourth-order valence-corrected chi connectivity index (χ4v) is 2.46. The standard InChI is InChI=1S/C15H11Cl2FN2/c16-10-2-4-14(13(18)5-10)19-7-9-8-20-15-6-11(17)1-3-12(9)15/h1-6,8,19-20H,7H2. The molecule has 0 bridgehead atoms. The molecule has 20 heavy (non-hydrogen) atoms. The van der Waals surface area contributed by atoms with Crippen LogP contribution in [0.3, 0.4) is 0 Å². The van der Waals surface area contributed by atoms with Crippen LogP contribution in [0.15, 0.2) is 42.6 Å². The second-order valence-corrected chi connectivity index (χ2v) is 5.35. The number of rotatable bonds is 3. The van der Waals surface area contributed by atoms with Crippen LogP contribution in [0.5, 0.6) is 0 Å². The molecule has 2 nitrogen and oxygen atoms in total. The maximum Gasteiger partial charge on any atom is 0.147 e. The normalized spacial score (nSPS) is 10.9. The highest BCUT2D eigenvalue weighted by Crippen LogP contribution is 2.24. The Hall–Kier alpha value is -1.71. The van der Waals surface area contributed by atoms with Gasteiger partial charge in [0.05, 0.1) is 5.69 Å². The number of hydrogen-bond donors (Lipinski definition) is 2. The van der Waals surface area contributed by atoms with Crippen LogP contribution in [0.1, 0.15) is 5.56 Å². The van der Waals surface area contributed by atoms with E-state index in [2.05, 4.69) is 10.3 Å². The van der Waals surface area contributed by atoms with Crippen molar-refractivity contribution in [2.24, 2.45) is 0 Å². The predicted octanol–water partition coefficient (Wildman–Crippen LogP) is 5.23. The van der Waals surface area contributed by atoms with Crippen LogP contribution < -0.4 is 5.32 Å². The number of nitrogens with one attached hydrogen (secondary N) is 2. The van der Waals surface area contributed by atoms with Crippen molar-refractivity contribution in [3.63, 3.8) is 0 Å². The first kappa shape index (κ1) is 13.3. The SMILES string of the molecule is Fc1cc(Cl)ccc1NCc1c[nH]c2cc(Cl)ccc12. The molecule has 2 aromatic carbocycles. The van der Waals surface area contributed by atoms with Crippen molar-refractivity contribution in [2.75, 3.05) is 5.32 Å². The van der Waals surface area contributed by atoms with Crippen LogP contribution in [0.2, 0.25) is 10.0 Å². The monoisotopic (exact) mass is 308 g/mol. The highest BCUT2D eigenvalue weighted by atomic mass is 35.5. The minimum absolute atomic E-state index is 0.361. The number of hydrogen-bond acceptors (Lipinski definition) is 1. The molecule has 0 amide bonds. The maximum absolute atomic E-state index is 13.7. The van der Waals surface area contributed by atoms with Crippen LogP contribution in [-0.4, -0.2) is 4.98 Å². The highest BCUT2D eigenvalue weighted by Gasteiger charge is 2.06. The van der Waals surface area contributed by atoms with E-state index in [0.717, 1.165) is 16.5 Å². The van der Waals surface area contributed by atoms with Gasteiger partial charge in [0.15, 0.2) is 0 Å². The minimum atomic E-state index is -0.361. The van der Waals surface area contributed by atoms with E-state index in [9.17, 15) is 4.39 Å². The first-order valence-electron chi connectivity index (χ1n) is 6.08. The summed E-state index contributed by atoms with van der Waals surface area (Å²) in [4.78, 5) is 3.15. The van der Waals surface area contributed by atoms with Gasteiger partial charge in [-0.25, -0.2) is 4.39 Å². The quantitative estimate of drug-likeness (QED) is 0.681. The summed E-state index contributed by atoms with van der Waals surface area (Å²) in [7, 11) is 0. The Morgan fingerprint density at radius 3 is 2.60 bits per heavy atom. The molecule has 0 aliphatic carbocycles. The smallest absolute Gasteiger partial charge is 0.147 e. The molecule has 3 rings (SSSR count). The fourth-order valence-electron chi connectivity index (χ4n) is 2.13. The molecule has 2 N–H and O–H groups in total. The van der Waals surface area contributed by atoms with E-state index in [4.69, 9.17) is 23.2 Å². The van der Waals surface area contributed by atoms with Crippen LogP contribution in [0.25, 0.3) is 10.9 Å². The number of aromatic amines is 1. The molecule has 0 atom stereocenters. The fraction of sp³-hybridized carbons (Fsp3) is 0.0667. The van der Waals surface area contributed by atoms with E-state index in [1.807, 2.05) is 24.4 Å². The number of benzene rings is 2. The molecular formula is C15H11Cl2FN2. The van der Waals surface area contributed by atoms with Crippen LogP contribution >= 0.6 is 23.2 Å². The van der Waals surface area contributed by atoms with E-state index in [0.29, 0.717) is 22.3 Å². The summed E-state index contributed by atoms with van der Waals surface area (Å²) in [6.07, 6.45) is 1.89. The summed E-state index contributed by atoms with van der Waals surface area (Å²) in [5, 5.41) is 5.20. The first-order valence-corrected chi connectivity index (χ1v) is 6.83. The Bertz CT molecular complexity index is 768. The van der Waals surface area contributed by atoms with Gasteiger partial charge in [0.25, 0.3) is 0 Å². The third-order valence-corrected chi connectivity index (χ3v) is 3.60. The lowest BCUT2D eigenvalue weighted by Gasteiger charge is -2.07. The van der Waals surface area contributed by atoms with E-state index < -0.39 is 0 Å². The van der Waals surface area contributed by atoms with Gasteiger partial charge in [-0.15, -0.1) is 0 Å². The summed E-state index contributed by atoms with van der Waals surface area (Å²) in [6, 6.07) is 10.2. The molecule has 0 saturated heterocycles. The molecule has 0 saturated carbocycles. The molecule has 0 aliphatic heterocycles. The van der Waals surface area contributed by atoms with Crippen molar-refractivity contribution in [3.05, 3.63) is 64.0 Å². The number of halogens is 3. The Kier molecular flexibility index (Phi) is 3.55. The van der Waals surface area contributed by atoms with Crippen LogP contribution in [-0.2, 0) is 6.54 Å². The van der Waals surface area contributed by atoms with Gasteiger partial charge < -0.3 is 10.3 Å². The Balaban J connectivity index is 1.83. The van der Waals surface area contributed by atoms with Crippen molar-refractivity contribution in [1.82, 2.24) is 4.98 Å². The molecular weight excluding hydrogens is 298 g/mol. The van der Waals surface area contributed by atoms with Crippen LogP contribution in [0, 0.1) is 5.82 Å². The first-order chi connectivity index (χ1) is 9.63. The highest BCUT2D eigenvalue weighted by molar-refractivity contribution is 6.31. The molecule has 5 heteroatoms. The third-order valence-electron chi connectivity index (χ3n) is 3.13. The summed E-state index contributed by atoms with van der Waals surface area (Å²) in [5.41, 5.74) is 2.44. The van der Waals surface area contributed by atoms with Gasteiger partial charge in [0, 0.05) is 33.7 Å². The average molecular weight is 309 g/mol. The van der Waals surface area contributed by atoms with Gasteiger partial charge >= 0.3 is 0 Å². The van der Waals surface area contributed by atoms with Gasteiger partial charge in [0.1, 0.15) is 5.82 Å². The van der Waals surface area contributed by atoms with Crippen molar-refractivity contribution >= 4 is 39.8 Å². The Morgan fingerprint density at radius 2 is 1.80 bits per heavy atom. The molecule has 0 spiro atoms.